The Balaban J connectivity index is 2.37. The molecule has 0 bridgehead atoms. The quantitative estimate of drug-likeness (QED) is 0.512. The van der Waals surface area contributed by atoms with Gasteiger partial charge in [-0.1, -0.05) is 15.9 Å². The molecule has 0 spiro atoms. The van der Waals surface area contributed by atoms with E-state index in [0.717, 1.165) is 12.8 Å². The zero-order valence-electron chi connectivity index (χ0n) is 6.92. The van der Waals surface area contributed by atoms with Crippen LogP contribution < -0.4 is 0 Å². The first-order chi connectivity index (χ1) is 5.83. The molecule has 1 rings (SSSR count). The van der Waals surface area contributed by atoms with Crippen molar-refractivity contribution in [1.82, 2.24) is 0 Å². The SMILES string of the molecule is O=C1CCCOCCC(CBr)O1. The number of carbonyl (C=O) groups is 1. The Morgan fingerprint density at radius 2 is 2.33 bits per heavy atom. The van der Waals surface area contributed by atoms with Crippen LogP contribution in [-0.2, 0) is 14.3 Å². The lowest BCUT2D eigenvalue weighted by Crippen LogP contribution is -2.19. The summed E-state index contributed by atoms with van der Waals surface area (Å²) in [5, 5.41) is 0.697. The third-order valence-electron chi connectivity index (χ3n) is 1.72. The second-order valence-electron chi connectivity index (χ2n) is 2.77. The van der Waals surface area contributed by atoms with Gasteiger partial charge in [0.2, 0.25) is 0 Å². The van der Waals surface area contributed by atoms with Crippen LogP contribution in [0.25, 0.3) is 0 Å². The lowest BCUT2D eigenvalue weighted by atomic mass is 10.3. The van der Waals surface area contributed by atoms with Crippen LogP contribution in [0.5, 0.6) is 0 Å². The third-order valence-corrected chi connectivity index (χ3v) is 2.45. The summed E-state index contributed by atoms with van der Waals surface area (Å²) < 4.78 is 10.4. The summed E-state index contributed by atoms with van der Waals surface area (Å²) in [5.74, 6) is -0.107. The molecule has 0 saturated carbocycles. The first-order valence-corrected chi connectivity index (χ1v) is 5.28. The summed E-state index contributed by atoms with van der Waals surface area (Å²) in [5.41, 5.74) is 0. The zero-order valence-corrected chi connectivity index (χ0v) is 8.51. The molecule has 0 aliphatic carbocycles. The van der Waals surface area contributed by atoms with E-state index in [1.807, 2.05) is 0 Å². The van der Waals surface area contributed by atoms with Crippen LogP contribution in [0.3, 0.4) is 0 Å². The number of carbonyl (C=O) groups excluding carboxylic acids is 1. The normalized spacial score (nSPS) is 26.8. The van der Waals surface area contributed by atoms with E-state index in [-0.39, 0.29) is 12.1 Å². The largest absolute Gasteiger partial charge is 0.461 e. The molecule has 70 valence electrons. The number of esters is 1. The van der Waals surface area contributed by atoms with Gasteiger partial charge < -0.3 is 9.47 Å². The number of hydrogen-bond donors (Lipinski definition) is 0. The average Bonchev–Trinajstić information content (AvgIpc) is 2.16. The van der Waals surface area contributed by atoms with Crippen molar-refractivity contribution in [3.05, 3.63) is 0 Å². The Hall–Kier alpha value is -0.0900. The summed E-state index contributed by atoms with van der Waals surface area (Å²) in [4.78, 5) is 11.1. The molecular weight excluding hydrogens is 224 g/mol. The van der Waals surface area contributed by atoms with E-state index >= 15 is 0 Å². The molecule has 1 aliphatic heterocycles. The molecule has 3 nitrogen and oxygen atoms in total. The number of ether oxygens (including phenoxy) is 2. The van der Waals surface area contributed by atoms with Crippen LogP contribution in [0.15, 0.2) is 0 Å². The Labute approximate surface area is 80.5 Å². The van der Waals surface area contributed by atoms with Crippen LogP contribution in [0.2, 0.25) is 0 Å². The molecule has 1 heterocycles. The number of alkyl halides is 1. The molecule has 1 aliphatic rings. The molecule has 0 aromatic heterocycles. The number of hydrogen-bond acceptors (Lipinski definition) is 3. The van der Waals surface area contributed by atoms with E-state index in [1.165, 1.54) is 0 Å². The van der Waals surface area contributed by atoms with Crippen LogP contribution >= 0.6 is 15.9 Å². The van der Waals surface area contributed by atoms with E-state index in [4.69, 9.17) is 9.47 Å². The lowest BCUT2D eigenvalue weighted by molar-refractivity contribution is -0.147. The second kappa shape index (κ2) is 5.54. The van der Waals surface area contributed by atoms with Crippen molar-refractivity contribution in [2.75, 3.05) is 18.5 Å². The van der Waals surface area contributed by atoms with E-state index in [9.17, 15) is 4.79 Å². The number of halogens is 1. The highest BCUT2D eigenvalue weighted by atomic mass is 79.9. The number of rotatable bonds is 1. The first-order valence-electron chi connectivity index (χ1n) is 4.16. The smallest absolute Gasteiger partial charge is 0.306 e. The fourth-order valence-electron chi connectivity index (χ4n) is 1.05. The van der Waals surface area contributed by atoms with Crippen molar-refractivity contribution in [1.29, 1.82) is 0 Å². The van der Waals surface area contributed by atoms with Gasteiger partial charge in [-0.05, 0) is 6.42 Å². The molecule has 0 aromatic rings. The van der Waals surface area contributed by atoms with Crippen LogP contribution in [-0.4, -0.2) is 30.6 Å². The average molecular weight is 237 g/mol. The molecule has 4 heteroatoms. The van der Waals surface area contributed by atoms with Gasteiger partial charge in [0.05, 0.1) is 6.61 Å². The van der Waals surface area contributed by atoms with E-state index in [1.54, 1.807) is 0 Å². The predicted octanol–water partition coefficient (Wildman–Crippen LogP) is 1.49. The Bertz CT molecular complexity index is 149. The molecule has 0 radical (unpaired) electrons. The van der Waals surface area contributed by atoms with Crippen LogP contribution in [0, 0.1) is 0 Å². The Kier molecular flexibility index (Phi) is 4.61. The summed E-state index contributed by atoms with van der Waals surface area (Å²) in [6.07, 6.45) is 2.02. The molecule has 1 saturated heterocycles. The summed E-state index contributed by atoms with van der Waals surface area (Å²) in [6, 6.07) is 0. The van der Waals surface area contributed by atoms with Gasteiger partial charge in [0.1, 0.15) is 6.10 Å². The highest BCUT2D eigenvalue weighted by Gasteiger charge is 2.14. The van der Waals surface area contributed by atoms with Gasteiger partial charge in [0.15, 0.2) is 0 Å². The van der Waals surface area contributed by atoms with Crippen molar-refractivity contribution in [3.8, 4) is 0 Å². The number of cyclic esters (lactones) is 1. The molecule has 0 amide bonds. The zero-order chi connectivity index (χ0) is 8.81. The summed E-state index contributed by atoms with van der Waals surface area (Å²) >= 11 is 3.29. The highest BCUT2D eigenvalue weighted by molar-refractivity contribution is 9.09. The van der Waals surface area contributed by atoms with Gasteiger partial charge in [-0.25, -0.2) is 0 Å². The fraction of sp³-hybridized carbons (Fsp3) is 0.875. The van der Waals surface area contributed by atoms with Gasteiger partial charge in [0.25, 0.3) is 0 Å². The molecule has 12 heavy (non-hydrogen) atoms. The van der Waals surface area contributed by atoms with Gasteiger partial charge in [-0.2, -0.15) is 0 Å². The lowest BCUT2D eigenvalue weighted by Gasteiger charge is -2.12. The minimum absolute atomic E-state index is 0.0180. The van der Waals surface area contributed by atoms with Gasteiger partial charge in [0, 0.05) is 24.8 Å². The van der Waals surface area contributed by atoms with Crippen molar-refractivity contribution >= 4 is 21.9 Å². The van der Waals surface area contributed by atoms with Crippen molar-refractivity contribution < 1.29 is 14.3 Å². The minimum atomic E-state index is -0.107. The fourth-order valence-corrected chi connectivity index (χ4v) is 1.50. The van der Waals surface area contributed by atoms with Gasteiger partial charge >= 0.3 is 5.97 Å². The molecular formula is C8H13BrO3. The van der Waals surface area contributed by atoms with E-state index in [0.29, 0.717) is 25.0 Å². The van der Waals surface area contributed by atoms with E-state index < -0.39 is 0 Å². The Morgan fingerprint density at radius 3 is 3.08 bits per heavy atom. The molecule has 1 atom stereocenters. The van der Waals surface area contributed by atoms with Crippen LogP contribution in [0.4, 0.5) is 0 Å². The monoisotopic (exact) mass is 236 g/mol. The molecule has 1 unspecified atom stereocenters. The Morgan fingerprint density at radius 1 is 1.50 bits per heavy atom. The van der Waals surface area contributed by atoms with Crippen LogP contribution in [0.1, 0.15) is 19.3 Å². The second-order valence-corrected chi connectivity index (χ2v) is 3.42. The third kappa shape index (κ3) is 3.54. The first kappa shape index (κ1) is 9.99. The maximum Gasteiger partial charge on any atom is 0.306 e. The highest BCUT2D eigenvalue weighted by Crippen LogP contribution is 2.08. The van der Waals surface area contributed by atoms with Gasteiger partial charge in [-0.3, -0.25) is 4.79 Å². The van der Waals surface area contributed by atoms with Crippen molar-refractivity contribution in [2.45, 2.75) is 25.4 Å². The molecule has 0 aromatic carbocycles. The van der Waals surface area contributed by atoms with Gasteiger partial charge in [-0.15, -0.1) is 0 Å². The maximum absolute atomic E-state index is 11.1. The maximum atomic E-state index is 11.1. The van der Waals surface area contributed by atoms with Crippen molar-refractivity contribution in [2.24, 2.45) is 0 Å². The van der Waals surface area contributed by atoms with Crippen molar-refractivity contribution in [3.63, 3.8) is 0 Å². The standard InChI is InChI=1S/C8H13BrO3/c9-6-7-3-5-11-4-1-2-8(10)12-7/h7H,1-6H2. The van der Waals surface area contributed by atoms with E-state index in [2.05, 4.69) is 15.9 Å². The predicted molar refractivity (Wildman–Crippen MR) is 48.3 cm³/mol. The topological polar surface area (TPSA) is 35.5 Å². The summed E-state index contributed by atoms with van der Waals surface area (Å²) in [6.45, 7) is 1.35. The molecule has 1 fully saturated rings. The minimum Gasteiger partial charge on any atom is -0.461 e. The summed E-state index contributed by atoms with van der Waals surface area (Å²) in [7, 11) is 0. The molecule has 0 N–H and O–H groups in total.